The molecule has 0 saturated heterocycles. The third-order valence-electron chi connectivity index (χ3n) is 7.00. The lowest BCUT2D eigenvalue weighted by atomic mass is 9.87. The van der Waals surface area contributed by atoms with Crippen molar-refractivity contribution < 1.29 is 33.4 Å². The zero-order valence-corrected chi connectivity index (χ0v) is 19.5. The molecule has 34 heavy (non-hydrogen) atoms. The molecule has 0 spiro atoms. The number of aromatic nitrogens is 2. The van der Waals surface area contributed by atoms with Crippen molar-refractivity contribution in [1.29, 1.82) is 0 Å². The molecule has 4 rings (SSSR count). The Bertz CT molecular complexity index is 938. The molecule has 186 valence electrons. The Hall–Kier alpha value is -2.98. The van der Waals surface area contributed by atoms with E-state index in [9.17, 15) is 19.1 Å². The molecule has 11 heteroatoms. The van der Waals surface area contributed by atoms with Crippen LogP contribution < -0.4 is 4.74 Å². The molecular formula is C23H31FN4O6. The summed E-state index contributed by atoms with van der Waals surface area (Å²) in [5, 5.41) is 13.2. The second-order valence-electron chi connectivity index (χ2n) is 9.31. The number of nitrogens with zero attached hydrogens (tertiary/aromatic N) is 4. The van der Waals surface area contributed by atoms with Gasteiger partial charge in [0, 0.05) is 13.1 Å². The molecule has 2 aliphatic carbocycles. The van der Waals surface area contributed by atoms with E-state index in [2.05, 4.69) is 15.1 Å². The Morgan fingerprint density at radius 3 is 2.71 bits per heavy atom. The monoisotopic (exact) mass is 478 g/mol. The topological polar surface area (TPSA) is 123 Å². The summed E-state index contributed by atoms with van der Waals surface area (Å²) in [6, 6.07) is 0.195. The van der Waals surface area contributed by atoms with Crippen LogP contribution in [-0.4, -0.2) is 69.7 Å². The molecule has 10 nitrogen and oxygen atoms in total. The number of rotatable bonds is 7. The largest absolute Gasteiger partial charge is 0.481 e. The third kappa shape index (κ3) is 5.39. The third-order valence-corrected chi connectivity index (χ3v) is 7.00. The number of carbonyl (C=O) groups excluding carboxylic acids is 1. The fraction of sp³-hybridized carbons (Fsp3) is 0.696. The van der Waals surface area contributed by atoms with Crippen LogP contribution in [0.25, 0.3) is 0 Å². The van der Waals surface area contributed by atoms with Crippen LogP contribution in [0, 0.1) is 17.8 Å². The lowest BCUT2D eigenvalue weighted by Crippen LogP contribution is -2.38. The normalized spacial score (nSPS) is 27.1. The van der Waals surface area contributed by atoms with E-state index >= 15 is 0 Å². The average molecular weight is 479 g/mol. The number of carboxylic acid groups (broad SMARTS) is 1. The Morgan fingerprint density at radius 2 is 2.00 bits per heavy atom. The second-order valence-corrected chi connectivity index (χ2v) is 9.31. The van der Waals surface area contributed by atoms with E-state index in [4.69, 9.17) is 14.3 Å². The van der Waals surface area contributed by atoms with Crippen LogP contribution in [0.15, 0.2) is 11.4 Å². The Labute approximate surface area is 197 Å². The first-order chi connectivity index (χ1) is 16.3. The zero-order chi connectivity index (χ0) is 24.2. The molecule has 1 N–H and O–H groups in total. The summed E-state index contributed by atoms with van der Waals surface area (Å²) in [5.74, 6) is -2.97. The number of hydrogen-bond acceptors (Lipinski definition) is 8. The van der Waals surface area contributed by atoms with Gasteiger partial charge < -0.3 is 24.3 Å². The number of aliphatic carboxylic acids is 1. The minimum absolute atomic E-state index is 0.0239. The van der Waals surface area contributed by atoms with Crippen LogP contribution in [0.2, 0.25) is 0 Å². The molecule has 2 saturated carbocycles. The fourth-order valence-corrected chi connectivity index (χ4v) is 4.85. The molecule has 1 aromatic heterocycles. The van der Waals surface area contributed by atoms with Crippen molar-refractivity contribution in [2.75, 3.05) is 13.7 Å². The molecule has 2 unspecified atom stereocenters. The van der Waals surface area contributed by atoms with Crippen molar-refractivity contribution in [3.8, 4) is 5.88 Å². The Balaban J connectivity index is 1.38. The summed E-state index contributed by atoms with van der Waals surface area (Å²) in [5.41, 5.74) is 0.525. The van der Waals surface area contributed by atoms with Gasteiger partial charge in [-0.2, -0.15) is 4.39 Å². The maximum absolute atomic E-state index is 14.7. The zero-order valence-electron chi connectivity index (χ0n) is 19.5. The van der Waals surface area contributed by atoms with Gasteiger partial charge in [-0.3, -0.25) is 4.79 Å². The molecule has 1 aliphatic heterocycles. The predicted molar refractivity (Wildman–Crippen MR) is 118 cm³/mol. The Morgan fingerprint density at radius 1 is 1.24 bits per heavy atom. The van der Waals surface area contributed by atoms with Crippen molar-refractivity contribution in [3.05, 3.63) is 17.8 Å². The van der Waals surface area contributed by atoms with Crippen LogP contribution in [0.5, 0.6) is 5.88 Å². The van der Waals surface area contributed by atoms with Crippen LogP contribution in [-0.2, 0) is 14.4 Å². The molecule has 0 aromatic carbocycles. The van der Waals surface area contributed by atoms with Crippen molar-refractivity contribution in [2.45, 2.75) is 76.5 Å². The summed E-state index contributed by atoms with van der Waals surface area (Å²) in [6.07, 6.45) is 6.51. The van der Waals surface area contributed by atoms with Crippen molar-refractivity contribution in [3.63, 3.8) is 0 Å². The second kappa shape index (κ2) is 10.5. The van der Waals surface area contributed by atoms with Gasteiger partial charge in [0.1, 0.15) is 30.2 Å². The van der Waals surface area contributed by atoms with Gasteiger partial charge in [-0.1, -0.05) is 18.0 Å². The first-order valence-corrected chi connectivity index (χ1v) is 11.9. The maximum Gasteiger partial charge on any atom is 0.409 e. The van der Waals surface area contributed by atoms with E-state index in [0.29, 0.717) is 31.4 Å². The summed E-state index contributed by atoms with van der Waals surface area (Å²) >= 11 is 0. The van der Waals surface area contributed by atoms with Crippen LogP contribution in [0.3, 0.4) is 0 Å². The van der Waals surface area contributed by atoms with Gasteiger partial charge in [-0.25, -0.2) is 14.8 Å². The molecule has 1 aromatic rings. The summed E-state index contributed by atoms with van der Waals surface area (Å²) in [7, 11) is 1.74. The number of oxime groups is 1. The number of hydrogen-bond donors (Lipinski definition) is 1. The quantitative estimate of drug-likeness (QED) is 0.633. The summed E-state index contributed by atoms with van der Waals surface area (Å²) in [4.78, 5) is 38.7. The highest BCUT2D eigenvalue weighted by atomic mass is 19.1. The molecule has 2 fully saturated rings. The van der Waals surface area contributed by atoms with Gasteiger partial charge >= 0.3 is 12.1 Å². The van der Waals surface area contributed by atoms with Crippen LogP contribution in [0.1, 0.15) is 64.0 Å². The highest BCUT2D eigenvalue weighted by Gasteiger charge is 2.36. The molecular weight excluding hydrogens is 447 g/mol. The first kappa shape index (κ1) is 24.2. The first-order valence-electron chi connectivity index (χ1n) is 11.9. The molecule has 4 atom stereocenters. The van der Waals surface area contributed by atoms with E-state index in [-0.39, 0.29) is 30.3 Å². The number of carboxylic acids is 1. The highest BCUT2D eigenvalue weighted by Crippen LogP contribution is 2.29. The van der Waals surface area contributed by atoms with Crippen LogP contribution in [0.4, 0.5) is 9.18 Å². The van der Waals surface area contributed by atoms with E-state index in [1.54, 1.807) is 18.9 Å². The standard InChI is InChI=1S/C23H31FN4O6/c1-13-17(12-32-23(31)28(2)15-7-3-4-8-15)19(27-34-13)18-11-25-21(20(24)26-18)33-16-9-5-6-14(10-16)22(29)30/h11,13-17H,3-10,12H2,1-2H3,(H,29,30)/t13?,14-,16-,17?/m0/s1. The summed E-state index contributed by atoms with van der Waals surface area (Å²) in [6.45, 7) is 1.81. The highest BCUT2D eigenvalue weighted by molar-refractivity contribution is 6.01. The molecule has 0 bridgehead atoms. The van der Waals surface area contributed by atoms with E-state index in [1.165, 1.54) is 6.20 Å². The lowest BCUT2D eigenvalue weighted by Gasteiger charge is -2.26. The number of carbonyl (C=O) groups is 2. The number of ether oxygens (including phenoxy) is 2. The smallest absolute Gasteiger partial charge is 0.409 e. The maximum atomic E-state index is 14.7. The number of halogens is 1. The Kier molecular flexibility index (Phi) is 7.47. The lowest BCUT2D eigenvalue weighted by molar-refractivity contribution is -0.143. The van der Waals surface area contributed by atoms with Crippen LogP contribution >= 0.6 is 0 Å². The van der Waals surface area contributed by atoms with Gasteiger partial charge in [0.05, 0.1) is 18.0 Å². The number of amides is 1. The van der Waals surface area contributed by atoms with Gasteiger partial charge in [0.15, 0.2) is 0 Å². The van der Waals surface area contributed by atoms with Gasteiger partial charge in [-0.05, 0) is 45.4 Å². The van der Waals surface area contributed by atoms with Gasteiger partial charge in [0.25, 0.3) is 11.8 Å². The fourth-order valence-electron chi connectivity index (χ4n) is 4.85. The predicted octanol–water partition coefficient (Wildman–Crippen LogP) is 3.39. The van der Waals surface area contributed by atoms with Gasteiger partial charge in [0.2, 0.25) is 0 Å². The SMILES string of the molecule is CC1ON=C(c2cnc(O[C@H]3CCC[C@H](C(=O)O)C3)c(F)n2)C1COC(=O)N(C)C1CCCC1. The minimum Gasteiger partial charge on any atom is -0.481 e. The van der Waals surface area contributed by atoms with E-state index < -0.39 is 36.0 Å². The van der Waals surface area contributed by atoms with Crippen molar-refractivity contribution >= 4 is 17.8 Å². The summed E-state index contributed by atoms with van der Waals surface area (Å²) < 4.78 is 25.9. The van der Waals surface area contributed by atoms with E-state index in [0.717, 1.165) is 25.7 Å². The van der Waals surface area contributed by atoms with Crippen molar-refractivity contribution in [2.24, 2.45) is 17.0 Å². The van der Waals surface area contributed by atoms with Gasteiger partial charge in [-0.15, -0.1) is 0 Å². The van der Waals surface area contributed by atoms with E-state index in [1.807, 2.05) is 0 Å². The minimum atomic E-state index is -0.908. The molecule has 3 aliphatic rings. The molecule has 0 radical (unpaired) electrons. The molecule has 2 heterocycles. The molecule has 1 amide bonds. The van der Waals surface area contributed by atoms with Crippen molar-refractivity contribution in [1.82, 2.24) is 14.9 Å². The average Bonchev–Trinajstić information content (AvgIpc) is 3.48.